The summed E-state index contributed by atoms with van der Waals surface area (Å²) in [5.41, 5.74) is 8.18. The SMILES string of the molecule is CN(CCCN=[N+]=[N-])CC1CC2CCC1C2. The Hall–Kier alpha value is -0.730. The van der Waals surface area contributed by atoms with E-state index in [-0.39, 0.29) is 0 Å². The van der Waals surface area contributed by atoms with Crippen LogP contribution in [0.2, 0.25) is 0 Å². The second kappa shape index (κ2) is 5.55. The van der Waals surface area contributed by atoms with Crippen molar-refractivity contribution in [2.24, 2.45) is 22.9 Å². The summed E-state index contributed by atoms with van der Waals surface area (Å²) in [6, 6.07) is 0. The van der Waals surface area contributed by atoms with Crippen LogP contribution < -0.4 is 0 Å². The normalized spacial score (nSPS) is 32.0. The third-order valence-electron chi connectivity index (χ3n) is 4.29. The Morgan fingerprint density at radius 2 is 2.25 bits per heavy atom. The molecule has 0 radical (unpaired) electrons. The first-order valence-electron chi connectivity index (χ1n) is 6.49. The van der Waals surface area contributed by atoms with Gasteiger partial charge in [-0.05, 0) is 62.6 Å². The molecular weight excluding hydrogens is 200 g/mol. The summed E-state index contributed by atoms with van der Waals surface area (Å²) in [7, 11) is 2.20. The quantitative estimate of drug-likeness (QED) is 0.295. The number of rotatable bonds is 6. The fraction of sp³-hybridized carbons (Fsp3) is 1.00. The molecule has 3 unspecified atom stereocenters. The summed E-state index contributed by atoms with van der Waals surface area (Å²) in [5.74, 6) is 3.01. The molecule has 0 aliphatic heterocycles. The smallest absolute Gasteiger partial charge is 0.0270 e. The number of hydrogen-bond acceptors (Lipinski definition) is 2. The third-order valence-corrected chi connectivity index (χ3v) is 4.29. The van der Waals surface area contributed by atoms with Gasteiger partial charge in [-0.1, -0.05) is 11.5 Å². The summed E-state index contributed by atoms with van der Waals surface area (Å²) < 4.78 is 0. The van der Waals surface area contributed by atoms with Crippen LogP contribution >= 0.6 is 0 Å². The van der Waals surface area contributed by atoms with Gasteiger partial charge in [-0.2, -0.15) is 0 Å². The minimum atomic E-state index is 0.636. The van der Waals surface area contributed by atoms with Gasteiger partial charge in [0.1, 0.15) is 0 Å². The molecule has 3 atom stereocenters. The number of nitrogens with zero attached hydrogens (tertiary/aromatic N) is 4. The van der Waals surface area contributed by atoms with Crippen molar-refractivity contribution in [3.8, 4) is 0 Å². The molecule has 0 saturated heterocycles. The van der Waals surface area contributed by atoms with Crippen LogP contribution in [-0.2, 0) is 0 Å². The van der Waals surface area contributed by atoms with Crippen molar-refractivity contribution in [1.82, 2.24) is 4.90 Å². The molecule has 0 spiro atoms. The van der Waals surface area contributed by atoms with Crippen LogP contribution in [0, 0.1) is 17.8 Å². The van der Waals surface area contributed by atoms with Crippen LogP contribution in [0.4, 0.5) is 0 Å². The van der Waals surface area contributed by atoms with Crippen molar-refractivity contribution >= 4 is 0 Å². The number of hydrogen-bond donors (Lipinski definition) is 0. The maximum absolute atomic E-state index is 8.18. The molecule has 0 N–H and O–H groups in total. The zero-order valence-electron chi connectivity index (χ0n) is 10.2. The predicted octanol–water partition coefficient (Wildman–Crippen LogP) is 3.05. The van der Waals surface area contributed by atoms with Crippen molar-refractivity contribution in [2.45, 2.75) is 32.1 Å². The fourth-order valence-corrected chi connectivity index (χ4v) is 3.55. The van der Waals surface area contributed by atoms with Gasteiger partial charge >= 0.3 is 0 Å². The molecule has 0 aromatic carbocycles. The van der Waals surface area contributed by atoms with E-state index in [9.17, 15) is 0 Å². The van der Waals surface area contributed by atoms with E-state index in [2.05, 4.69) is 22.0 Å². The first-order chi connectivity index (χ1) is 7.79. The molecule has 2 rings (SSSR count). The molecule has 2 aliphatic rings. The van der Waals surface area contributed by atoms with Crippen molar-refractivity contribution in [3.63, 3.8) is 0 Å². The minimum Gasteiger partial charge on any atom is -0.306 e. The van der Waals surface area contributed by atoms with Gasteiger partial charge in [-0.3, -0.25) is 0 Å². The zero-order chi connectivity index (χ0) is 11.4. The molecule has 4 nitrogen and oxygen atoms in total. The topological polar surface area (TPSA) is 52.0 Å². The van der Waals surface area contributed by atoms with E-state index in [1.165, 1.54) is 32.2 Å². The first kappa shape index (κ1) is 11.7. The van der Waals surface area contributed by atoms with Crippen LogP contribution in [0.1, 0.15) is 32.1 Å². The van der Waals surface area contributed by atoms with Gasteiger partial charge in [0.15, 0.2) is 0 Å². The maximum Gasteiger partial charge on any atom is 0.0270 e. The van der Waals surface area contributed by atoms with Gasteiger partial charge in [0, 0.05) is 18.0 Å². The zero-order valence-corrected chi connectivity index (χ0v) is 10.2. The molecule has 16 heavy (non-hydrogen) atoms. The second-order valence-electron chi connectivity index (χ2n) is 5.51. The summed E-state index contributed by atoms with van der Waals surface area (Å²) in [6.07, 6.45) is 6.91. The Bertz CT molecular complexity index is 272. The fourth-order valence-electron chi connectivity index (χ4n) is 3.55. The Morgan fingerprint density at radius 3 is 2.88 bits per heavy atom. The van der Waals surface area contributed by atoms with E-state index in [1.54, 1.807) is 0 Å². The predicted molar refractivity (Wildman–Crippen MR) is 65.1 cm³/mol. The van der Waals surface area contributed by atoms with Crippen molar-refractivity contribution in [2.75, 3.05) is 26.7 Å². The Kier molecular flexibility index (Phi) is 4.08. The summed E-state index contributed by atoms with van der Waals surface area (Å²) in [6.45, 7) is 2.95. The van der Waals surface area contributed by atoms with Crippen LogP contribution in [-0.4, -0.2) is 31.6 Å². The standard InChI is InChI=1S/C12H22N4/c1-16(6-2-5-14-15-13)9-12-8-10-3-4-11(12)7-10/h10-12H,2-9H2,1H3. The van der Waals surface area contributed by atoms with Crippen LogP contribution in [0.3, 0.4) is 0 Å². The van der Waals surface area contributed by atoms with Gasteiger partial charge in [0.25, 0.3) is 0 Å². The highest BCUT2D eigenvalue weighted by Gasteiger charge is 2.39. The lowest BCUT2D eigenvalue weighted by Gasteiger charge is -2.27. The van der Waals surface area contributed by atoms with Gasteiger partial charge in [0.05, 0.1) is 0 Å². The Morgan fingerprint density at radius 1 is 1.38 bits per heavy atom. The molecule has 0 amide bonds. The molecule has 0 aromatic rings. The highest BCUT2D eigenvalue weighted by atomic mass is 15.1. The van der Waals surface area contributed by atoms with Crippen molar-refractivity contribution < 1.29 is 0 Å². The largest absolute Gasteiger partial charge is 0.306 e. The molecule has 4 heteroatoms. The van der Waals surface area contributed by atoms with E-state index in [1.807, 2.05) is 0 Å². The molecule has 2 saturated carbocycles. The first-order valence-corrected chi connectivity index (χ1v) is 6.49. The second-order valence-corrected chi connectivity index (χ2v) is 5.51. The van der Waals surface area contributed by atoms with Gasteiger partial charge in [-0.25, -0.2) is 0 Å². The summed E-state index contributed by atoms with van der Waals surface area (Å²) in [5, 5.41) is 3.57. The average molecular weight is 222 g/mol. The number of fused-ring (bicyclic) bond motifs is 2. The highest BCUT2D eigenvalue weighted by molar-refractivity contribution is 4.90. The maximum atomic E-state index is 8.18. The van der Waals surface area contributed by atoms with Gasteiger partial charge in [-0.15, -0.1) is 0 Å². The van der Waals surface area contributed by atoms with Crippen LogP contribution in [0.5, 0.6) is 0 Å². The van der Waals surface area contributed by atoms with E-state index in [0.29, 0.717) is 6.54 Å². The van der Waals surface area contributed by atoms with E-state index in [0.717, 1.165) is 30.7 Å². The average Bonchev–Trinajstić information content (AvgIpc) is 2.86. The summed E-state index contributed by atoms with van der Waals surface area (Å²) >= 11 is 0. The monoisotopic (exact) mass is 222 g/mol. The van der Waals surface area contributed by atoms with Crippen LogP contribution in [0.25, 0.3) is 10.4 Å². The molecule has 0 aromatic heterocycles. The Balaban J connectivity index is 1.63. The highest BCUT2D eigenvalue weighted by Crippen LogP contribution is 2.48. The lowest BCUT2D eigenvalue weighted by molar-refractivity contribution is 0.219. The summed E-state index contributed by atoms with van der Waals surface area (Å²) in [4.78, 5) is 5.19. The molecule has 90 valence electrons. The van der Waals surface area contributed by atoms with E-state index < -0.39 is 0 Å². The molecule has 0 heterocycles. The van der Waals surface area contributed by atoms with Crippen LogP contribution in [0.15, 0.2) is 5.11 Å². The van der Waals surface area contributed by atoms with E-state index in [4.69, 9.17) is 5.53 Å². The Labute approximate surface area is 97.6 Å². The van der Waals surface area contributed by atoms with Crippen molar-refractivity contribution in [1.29, 1.82) is 0 Å². The lowest BCUT2D eigenvalue weighted by atomic mass is 9.88. The third kappa shape index (κ3) is 2.89. The van der Waals surface area contributed by atoms with Crippen molar-refractivity contribution in [3.05, 3.63) is 10.4 Å². The molecule has 2 bridgehead atoms. The van der Waals surface area contributed by atoms with Gasteiger partial charge < -0.3 is 4.90 Å². The number of azide groups is 1. The minimum absolute atomic E-state index is 0.636. The molecular formula is C12H22N4. The lowest BCUT2D eigenvalue weighted by Crippen LogP contribution is -2.29. The molecule has 2 aliphatic carbocycles. The van der Waals surface area contributed by atoms with E-state index >= 15 is 0 Å². The van der Waals surface area contributed by atoms with Gasteiger partial charge in [0.2, 0.25) is 0 Å². The molecule has 2 fully saturated rings.